The van der Waals surface area contributed by atoms with Gasteiger partial charge in [-0.05, 0) is 80.2 Å². The molecule has 5 rings (SSSR count). The summed E-state index contributed by atoms with van der Waals surface area (Å²) < 4.78 is 4.31. The molecule has 35 heavy (non-hydrogen) atoms. The normalized spacial score (nSPS) is 13.3. The first-order valence-corrected chi connectivity index (χ1v) is 13.0. The highest BCUT2D eigenvalue weighted by molar-refractivity contribution is 8.00. The number of nitrogens with one attached hydrogen (secondary N) is 1. The number of nitrogens with zero attached hydrogens (tertiary/aromatic N) is 4. The first-order chi connectivity index (χ1) is 17.1. The van der Waals surface area contributed by atoms with Gasteiger partial charge in [-0.1, -0.05) is 42.8 Å². The van der Waals surface area contributed by atoms with Crippen LogP contribution in [0.25, 0.3) is 5.69 Å². The highest BCUT2D eigenvalue weighted by Gasteiger charge is 2.31. The number of hydrogen-bond donors (Lipinski definition) is 2. The van der Waals surface area contributed by atoms with Gasteiger partial charge in [0, 0.05) is 30.1 Å². The van der Waals surface area contributed by atoms with Crippen LogP contribution in [0.1, 0.15) is 37.8 Å². The molecule has 3 N–H and O–H groups in total. The summed E-state index contributed by atoms with van der Waals surface area (Å²) >= 11 is 1.74. The molecular formula is C28H32N6S. The van der Waals surface area contributed by atoms with E-state index in [1.165, 1.54) is 35.5 Å². The first kappa shape index (κ1) is 23.2. The Morgan fingerprint density at radius 2 is 1.63 bits per heavy atom. The van der Waals surface area contributed by atoms with Crippen LogP contribution in [-0.4, -0.2) is 23.4 Å². The van der Waals surface area contributed by atoms with Crippen LogP contribution < -0.4 is 20.5 Å². The number of anilines is 4. The molecule has 0 bridgehead atoms. The Balaban J connectivity index is 1.34. The Bertz CT molecular complexity index is 1240. The van der Waals surface area contributed by atoms with Gasteiger partial charge >= 0.3 is 0 Å². The third-order valence-corrected chi connectivity index (χ3v) is 7.62. The van der Waals surface area contributed by atoms with Crippen molar-refractivity contribution in [3.05, 3.63) is 90.6 Å². The van der Waals surface area contributed by atoms with Crippen molar-refractivity contribution >= 4 is 34.8 Å². The van der Waals surface area contributed by atoms with Crippen LogP contribution >= 0.6 is 11.9 Å². The van der Waals surface area contributed by atoms with Gasteiger partial charge in [-0.25, -0.2) is 4.68 Å². The molecule has 1 aromatic heterocycles. The molecule has 3 aromatic carbocycles. The van der Waals surface area contributed by atoms with Crippen molar-refractivity contribution in [1.29, 1.82) is 0 Å². The van der Waals surface area contributed by atoms with Crippen LogP contribution in [0.5, 0.6) is 0 Å². The largest absolute Gasteiger partial charge is 0.380 e. The number of hydrazine groups is 1. The van der Waals surface area contributed by atoms with E-state index in [9.17, 15) is 0 Å². The first-order valence-electron chi connectivity index (χ1n) is 12.2. The number of para-hydroxylation sites is 2. The molecule has 0 atom stereocenters. The van der Waals surface area contributed by atoms with Crippen molar-refractivity contribution in [2.24, 2.45) is 0 Å². The summed E-state index contributed by atoms with van der Waals surface area (Å²) in [7, 11) is 2.02. The molecule has 1 aliphatic carbocycles. The van der Waals surface area contributed by atoms with E-state index >= 15 is 0 Å². The molecule has 6 nitrogen and oxygen atoms in total. The van der Waals surface area contributed by atoms with E-state index in [2.05, 4.69) is 77.3 Å². The lowest BCUT2D eigenvalue weighted by atomic mass is 9.82. The molecule has 1 saturated carbocycles. The van der Waals surface area contributed by atoms with Crippen molar-refractivity contribution in [2.75, 3.05) is 34.1 Å². The van der Waals surface area contributed by atoms with E-state index in [1.807, 2.05) is 41.0 Å². The number of benzene rings is 3. The van der Waals surface area contributed by atoms with Crippen LogP contribution in [0.2, 0.25) is 0 Å². The van der Waals surface area contributed by atoms with Gasteiger partial charge < -0.3 is 10.0 Å². The highest BCUT2D eigenvalue weighted by atomic mass is 32.2. The minimum Gasteiger partial charge on any atom is -0.380 e. The molecule has 0 saturated heterocycles. The van der Waals surface area contributed by atoms with Crippen molar-refractivity contribution in [3.63, 3.8) is 0 Å². The molecule has 1 fully saturated rings. The average molecular weight is 485 g/mol. The third-order valence-electron chi connectivity index (χ3n) is 6.45. The summed E-state index contributed by atoms with van der Waals surface area (Å²) in [6, 6.07) is 29.3. The summed E-state index contributed by atoms with van der Waals surface area (Å²) in [5.41, 5.74) is 15.4. The maximum atomic E-state index is 6.48. The van der Waals surface area contributed by atoms with Crippen LogP contribution in [0.4, 0.5) is 22.9 Å². The predicted octanol–water partition coefficient (Wildman–Crippen LogP) is 6.72. The summed E-state index contributed by atoms with van der Waals surface area (Å²) in [5, 5.41) is 6.75. The maximum absolute atomic E-state index is 6.48. The fourth-order valence-corrected chi connectivity index (χ4v) is 5.33. The topological polar surface area (TPSA) is 62.4 Å². The van der Waals surface area contributed by atoms with Gasteiger partial charge in [0.2, 0.25) is 0 Å². The molecule has 0 radical (unpaired) electrons. The van der Waals surface area contributed by atoms with E-state index in [0.29, 0.717) is 11.7 Å². The van der Waals surface area contributed by atoms with Crippen LogP contribution in [0.15, 0.2) is 89.8 Å². The zero-order valence-corrected chi connectivity index (χ0v) is 21.1. The lowest BCUT2D eigenvalue weighted by Gasteiger charge is -2.30. The van der Waals surface area contributed by atoms with Crippen molar-refractivity contribution < 1.29 is 0 Å². The quantitative estimate of drug-likeness (QED) is 0.203. The zero-order valence-electron chi connectivity index (χ0n) is 20.3. The van der Waals surface area contributed by atoms with Crippen molar-refractivity contribution in [2.45, 2.75) is 37.0 Å². The Morgan fingerprint density at radius 1 is 0.971 bits per heavy atom. The summed E-state index contributed by atoms with van der Waals surface area (Å²) in [5.74, 6) is 1.01. The van der Waals surface area contributed by atoms with E-state index < -0.39 is 0 Å². The van der Waals surface area contributed by atoms with Gasteiger partial charge in [0.1, 0.15) is 5.69 Å². The lowest BCUT2D eigenvalue weighted by molar-refractivity contribution is 0.403. The molecule has 0 aliphatic heterocycles. The average Bonchev–Trinajstić information content (AvgIpc) is 3.20. The molecule has 0 spiro atoms. The molecule has 1 heterocycles. The smallest absolute Gasteiger partial charge is 0.171 e. The van der Waals surface area contributed by atoms with Crippen molar-refractivity contribution in [3.8, 4) is 5.69 Å². The standard InChI is InChI=1S/C28H32N6S/c1-3-33(23-13-6-4-7-14-23)35-25-19-17-22(18-20-25)30-32(2)27-26(21-11-10-12-21)34(31-28(27)29)24-15-8-5-9-16-24/h4-9,13-21,30H,3,10-12H2,1-2H3,(H2,29,31). The van der Waals surface area contributed by atoms with E-state index in [-0.39, 0.29) is 0 Å². The van der Waals surface area contributed by atoms with Gasteiger partial charge in [-0.15, -0.1) is 5.10 Å². The van der Waals surface area contributed by atoms with Gasteiger partial charge in [-0.3, -0.25) is 10.4 Å². The Morgan fingerprint density at radius 3 is 2.23 bits per heavy atom. The van der Waals surface area contributed by atoms with Gasteiger partial charge in [0.05, 0.1) is 17.1 Å². The summed E-state index contributed by atoms with van der Waals surface area (Å²) in [6.07, 6.45) is 3.58. The second-order valence-electron chi connectivity index (χ2n) is 8.81. The van der Waals surface area contributed by atoms with Crippen LogP contribution in [0, 0.1) is 0 Å². The van der Waals surface area contributed by atoms with Gasteiger partial charge in [0.25, 0.3) is 0 Å². The lowest BCUT2D eigenvalue weighted by Crippen LogP contribution is -2.27. The number of nitrogens with two attached hydrogens (primary N) is 1. The highest BCUT2D eigenvalue weighted by Crippen LogP contribution is 2.44. The molecule has 180 valence electrons. The Hall–Kier alpha value is -3.58. The third kappa shape index (κ3) is 4.95. The van der Waals surface area contributed by atoms with Gasteiger partial charge in [0.15, 0.2) is 5.82 Å². The second-order valence-corrected chi connectivity index (χ2v) is 9.91. The Labute approximate surface area is 211 Å². The number of hydrogen-bond acceptors (Lipinski definition) is 6. The molecule has 4 aromatic rings. The molecular weight excluding hydrogens is 452 g/mol. The van der Waals surface area contributed by atoms with Crippen LogP contribution in [0.3, 0.4) is 0 Å². The maximum Gasteiger partial charge on any atom is 0.171 e. The second kappa shape index (κ2) is 10.4. The summed E-state index contributed by atoms with van der Waals surface area (Å²) in [4.78, 5) is 1.19. The minimum atomic E-state index is 0.469. The predicted molar refractivity (Wildman–Crippen MR) is 148 cm³/mol. The molecule has 7 heteroatoms. The van der Waals surface area contributed by atoms with E-state index in [0.717, 1.165) is 23.6 Å². The minimum absolute atomic E-state index is 0.469. The number of nitrogen functional groups attached to an aromatic ring is 1. The number of aromatic nitrogens is 2. The zero-order chi connectivity index (χ0) is 24.2. The van der Waals surface area contributed by atoms with Crippen LogP contribution in [-0.2, 0) is 0 Å². The molecule has 0 unspecified atom stereocenters. The SMILES string of the molecule is CCN(Sc1ccc(NN(C)c2c(N)nn(-c3ccccc3)c2C2CCC2)cc1)c1ccccc1. The number of rotatable bonds is 9. The van der Waals surface area contributed by atoms with Crippen molar-refractivity contribution in [1.82, 2.24) is 9.78 Å². The Kier molecular flexibility index (Phi) is 6.86. The fraction of sp³-hybridized carbons (Fsp3) is 0.250. The fourth-order valence-electron chi connectivity index (χ4n) is 4.46. The summed E-state index contributed by atoms with van der Waals surface area (Å²) in [6.45, 7) is 3.09. The monoisotopic (exact) mass is 484 g/mol. The van der Waals surface area contributed by atoms with E-state index in [1.54, 1.807) is 11.9 Å². The van der Waals surface area contributed by atoms with E-state index in [4.69, 9.17) is 10.8 Å². The molecule has 0 amide bonds. The molecule has 1 aliphatic rings. The van der Waals surface area contributed by atoms with Gasteiger partial charge in [-0.2, -0.15) is 0 Å².